The fraction of sp³-hybridized carbons (Fsp3) is 1.00. The van der Waals surface area contributed by atoms with Gasteiger partial charge in [-0.05, 0) is 13.5 Å². The summed E-state index contributed by atoms with van der Waals surface area (Å²) in [5.74, 6) is 0. The second kappa shape index (κ2) is 3.21. The van der Waals surface area contributed by atoms with E-state index in [1.54, 1.807) is 0 Å². The van der Waals surface area contributed by atoms with Crippen LogP contribution in [0, 0.1) is 0 Å². The summed E-state index contributed by atoms with van der Waals surface area (Å²) in [4.78, 5) is 18.8. The van der Waals surface area contributed by atoms with Crippen LogP contribution in [0.1, 0.15) is 6.42 Å². The number of phosphoric ester groups is 1. The molecule has 0 spiro atoms. The Hall–Kier alpha value is 0.0700. The van der Waals surface area contributed by atoms with Crippen LogP contribution in [-0.4, -0.2) is 40.9 Å². The molecule has 1 atom stereocenters. The minimum absolute atomic E-state index is 0.305. The summed E-state index contributed by atoms with van der Waals surface area (Å²) in [6.07, 6.45) is 0.391. The molecule has 5 nitrogen and oxygen atoms in total. The fourth-order valence-electron chi connectivity index (χ4n) is 1.17. The lowest BCUT2D eigenvalue weighted by molar-refractivity contribution is 0.138. The molecule has 0 radical (unpaired) electrons. The van der Waals surface area contributed by atoms with Crippen molar-refractivity contribution in [2.45, 2.75) is 12.5 Å². The molecule has 1 rings (SSSR count). The topological polar surface area (TPSA) is 70.0 Å². The van der Waals surface area contributed by atoms with Crippen LogP contribution in [0.15, 0.2) is 0 Å². The third-order valence-electron chi connectivity index (χ3n) is 1.63. The summed E-state index contributed by atoms with van der Waals surface area (Å²) in [5, 5.41) is 0. The molecule has 0 unspecified atom stereocenters. The standard InChI is InChI=1S/C5H12NO4P/c1-6-3-2-5(4-6)10-11(7,8)9/h5H,2-4H2,1H3,(H2,7,8,9)/t5-/m0/s1. The highest BCUT2D eigenvalue weighted by Crippen LogP contribution is 2.39. The van der Waals surface area contributed by atoms with E-state index in [0.717, 1.165) is 6.54 Å². The van der Waals surface area contributed by atoms with E-state index in [2.05, 4.69) is 4.52 Å². The number of rotatable bonds is 2. The molecule has 0 amide bonds. The lowest BCUT2D eigenvalue weighted by Crippen LogP contribution is -2.18. The molecule has 1 aliphatic heterocycles. The van der Waals surface area contributed by atoms with Crippen molar-refractivity contribution in [1.82, 2.24) is 4.90 Å². The second-order valence-corrected chi connectivity index (χ2v) is 3.96. The predicted octanol–water partition coefficient (Wildman–Crippen LogP) is -0.200. The van der Waals surface area contributed by atoms with Gasteiger partial charge in [-0.2, -0.15) is 0 Å². The Morgan fingerprint density at radius 2 is 2.27 bits per heavy atom. The average molecular weight is 181 g/mol. The number of likely N-dealkylation sites (N-methyl/N-ethyl adjacent to an activating group) is 1. The lowest BCUT2D eigenvalue weighted by atomic mass is 10.3. The maximum atomic E-state index is 10.3. The first-order valence-corrected chi connectivity index (χ1v) is 4.93. The minimum atomic E-state index is -4.27. The Morgan fingerprint density at radius 3 is 2.64 bits per heavy atom. The zero-order valence-electron chi connectivity index (χ0n) is 6.30. The second-order valence-electron chi connectivity index (χ2n) is 2.77. The van der Waals surface area contributed by atoms with Crippen LogP contribution in [0.2, 0.25) is 0 Å². The van der Waals surface area contributed by atoms with Gasteiger partial charge >= 0.3 is 7.82 Å². The molecule has 1 heterocycles. The van der Waals surface area contributed by atoms with Crippen molar-refractivity contribution in [3.63, 3.8) is 0 Å². The Morgan fingerprint density at radius 1 is 1.64 bits per heavy atom. The van der Waals surface area contributed by atoms with Crippen molar-refractivity contribution in [3.8, 4) is 0 Å². The predicted molar refractivity (Wildman–Crippen MR) is 39.0 cm³/mol. The van der Waals surface area contributed by atoms with E-state index in [-0.39, 0.29) is 6.10 Å². The Labute approximate surface area is 65.2 Å². The molecule has 11 heavy (non-hydrogen) atoms. The quantitative estimate of drug-likeness (QED) is 0.577. The van der Waals surface area contributed by atoms with E-state index in [4.69, 9.17) is 9.79 Å². The van der Waals surface area contributed by atoms with E-state index < -0.39 is 7.82 Å². The maximum absolute atomic E-state index is 10.3. The summed E-state index contributed by atoms with van der Waals surface area (Å²) in [7, 11) is -2.38. The summed E-state index contributed by atoms with van der Waals surface area (Å²) in [6, 6.07) is 0. The molecule has 66 valence electrons. The molecule has 1 aliphatic rings. The summed E-state index contributed by atoms with van der Waals surface area (Å²) in [6.45, 7) is 1.44. The highest BCUT2D eigenvalue weighted by Gasteiger charge is 2.27. The third kappa shape index (κ3) is 3.31. The molecule has 0 aromatic heterocycles. The van der Waals surface area contributed by atoms with E-state index in [1.807, 2.05) is 11.9 Å². The highest BCUT2D eigenvalue weighted by molar-refractivity contribution is 7.46. The molecule has 0 bridgehead atoms. The largest absolute Gasteiger partial charge is 0.469 e. The number of hydrogen-bond acceptors (Lipinski definition) is 3. The first-order valence-electron chi connectivity index (χ1n) is 3.40. The Kier molecular flexibility index (Phi) is 2.67. The normalized spacial score (nSPS) is 27.7. The van der Waals surface area contributed by atoms with Gasteiger partial charge in [0.2, 0.25) is 0 Å². The first kappa shape index (κ1) is 9.16. The molecule has 0 aromatic rings. The molecular formula is C5H12NO4P. The zero-order chi connectivity index (χ0) is 8.48. The molecular weight excluding hydrogens is 169 g/mol. The number of hydrogen-bond donors (Lipinski definition) is 2. The van der Waals surface area contributed by atoms with E-state index in [0.29, 0.717) is 13.0 Å². The van der Waals surface area contributed by atoms with Gasteiger partial charge in [0.15, 0.2) is 0 Å². The molecule has 1 fully saturated rings. The van der Waals surface area contributed by atoms with Crippen molar-refractivity contribution in [2.24, 2.45) is 0 Å². The smallest absolute Gasteiger partial charge is 0.304 e. The van der Waals surface area contributed by atoms with Crippen molar-refractivity contribution in [2.75, 3.05) is 20.1 Å². The number of phosphoric acid groups is 1. The maximum Gasteiger partial charge on any atom is 0.469 e. The SMILES string of the molecule is CN1CC[C@H](OP(=O)(O)O)C1. The first-order chi connectivity index (χ1) is 4.97. The van der Waals surface area contributed by atoms with Gasteiger partial charge in [-0.25, -0.2) is 4.57 Å². The van der Waals surface area contributed by atoms with E-state index in [1.165, 1.54) is 0 Å². The van der Waals surface area contributed by atoms with Crippen LogP contribution in [0.3, 0.4) is 0 Å². The Balaban J connectivity index is 2.34. The molecule has 6 heteroatoms. The molecule has 1 saturated heterocycles. The third-order valence-corrected chi connectivity index (χ3v) is 2.21. The summed E-state index contributed by atoms with van der Waals surface area (Å²) >= 11 is 0. The van der Waals surface area contributed by atoms with Crippen molar-refractivity contribution < 1.29 is 18.9 Å². The van der Waals surface area contributed by atoms with Crippen LogP contribution in [0.25, 0.3) is 0 Å². The van der Waals surface area contributed by atoms with Gasteiger partial charge in [0.25, 0.3) is 0 Å². The van der Waals surface area contributed by atoms with Crippen LogP contribution in [0.5, 0.6) is 0 Å². The van der Waals surface area contributed by atoms with Crippen LogP contribution in [0.4, 0.5) is 0 Å². The zero-order valence-corrected chi connectivity index (χ0v) is 7.20. The van der Waals surface area contributed by atoms with E-state index >= 15 is 0 Å². The summed E-state index contributed by atoms with van der Waals surface area (Å²) in [5.41, 5.74) is 0. The molecule has 2 N–H and O–H groups in total. The molecule has 0 aliphatic carbocycles. The van der Waals surface area contributed by atoms with Gasteiger partial charge in [0.05, 0.1) is 6.10 Å². The van der Waals surface area contributed by atoms with Gasteiger partial charge in [-0.15, -0.1) is 0 Å². The van der Waals surface area contributed by atoms with Gasteiger partial charge in [0, 0.05) is 13.1 Å². The highest BCUT2D eigenvalue weighted by atomic mass is 31.2. The van der Waals surface area contributed by atoms with Crippen LogP contribution >= 0.6 is 7.82 Å². The number of nitrogens with zero attached hydrogens (tertiary/aromatic N) is 1. The lowest BCUT2D eigenvalue weighted by Gasteiger charge is -2.11. The van der Waals surface area contributed by atoms with Crippen LogP contribution < -0.4 is 0 Å². The van der Waals surface area contributed by atoms with Crippen molar-refractivity contribution in [1.29, 1.82) is 0 Å². The van der Waals surface area contributed by atoms with Crippen molar-refractivity contribution in [3.05, 3.63) is 0 Å². The molecule has 0 saturated carbocycles. The van der Waals surface area contributed by atoms with Gasteiger partial charge in [-0.3, -0.25) is 4.52 Å². The van der Waals surface area contributed by atoms with Gasteiger partial charge < -0.3 is 14.7 Å². The number of likely N-dealkylation sites (tertiary alicyclic amines) is 1. The van der Waals surface area contributed by atoms with Crippen molar-refractivity contribution >= 4 is 7.82 Å². The fourth-order valence-corrected chi connectivity index (χ4v) is 1.74. The van der Waals surface area contributed by atoms with Gasteiger partial charge in [-0.1, -0.05) is 0 Å². The molecule has 0 aromatic carbocycles. The summed E-state index contributed by atoms with van der Waals surface area (Å²) < 4.78 is 14.8. The minimum Gasteiger partial charge on any atom is -0.304 e. The Bertz CT molecular complexity index is 179. The monoisotopic (exact) mass is 181 g/mol. The van der Waals surface area contributed by atoms with Gasteiger partial charge in [0.1, 0.15) is 0 Å². The van der Waals surface area contributed by atoms with Crippen LogP contribution in [-0.2, 0) is 9.09 Å². The average Bonchev–Trinajstić information content (AvgIpc) is 2.10. The van der Waals surface area contributed by atoms with E-state index in [9.17, 15) is 4.57 Å².